The summed E-state index contributed by atoms with van der Waals surface area (Å²) in [6.45, 7) is 0.226. The number of aromatic nitrogens is 3. The van der Waals surface area contributed by atoms with Gasteiger partial charge in [-0.25, -0.2) is 0 Å². The number of thioether (sulfide) groups is 1. The van der Waals surface area contributed by atoms with E-state index in [2.05, 4.69) is 10.2 Å². The fourth-order valence-corrected chi connectivity index (χ4v) is 4.90. The lowest BCUT2D eigenvalue weighted by Gasteiger charge is -2.11. The number of hydrogen-bond donors (Lipinski definition) is 0. The van der Waals surface area contributed by atoms with Crippen molar-refractivity contribution in [2.24, 2.45) is 0 Å². The summed E-state index contributed by atoms with van der Waals surface area (Å²) in [6, 6.07) is 21.3. The third-order valence-electron chi connectivity index (χ3n) is 4.69. The van der Waals surface area contributed by atoms with E-state index < -0.39 is 0 Å². The van der Waals surface area contributed by atoms with Crippen molar-refractivity contribution in [2.45, 2.75) is 10.9 Å². The Morgan fingerprint density at radius 3 is 2.43 bits per heavy atom. The van der Waals surface area contributed by atoms with Crippen LogP contribution in [0.4, 0.5) is 0 Å². The van der Waals surface area contributed by atoms with Crippen LogP contribution >= 0.6 is 35.0 Å². The normalized spacial score (nSPS) is 12.3. The average molecular weight is 456 g/mol. The molecule has 8 heteroatoms. The molecule has 2 heterocycles. The lowest BCUT2D eigenvalue weighted by atomic mass is 10.2. The van der Waals surface area contributed by atoms with Crippen LogP contribution < -0.4 is 9.47 Å². The summed E-state index contributed by atoms with van der Waals surface area (Å²) in [5.41, 5.74) is 2.72. The first-order chi connectivity index (χ1) is 14.7. The number of fused-ring (bicyclic) bond motifs is 1. The lowest BCUT2D eigenvalue weighted by Crippen LogP contribution is -2.00. The largest absolute Gasteiger partial charge is 0.454 e. The number of ether oxygens (including phenoxy) is 2. The maximum atomic E-state index is 6.34. The van der Waals surface area contributed by atoms with E-state index >= 15 is 0 Å². The van der Waals surface area contributed by atoms with Crippen molar-refractivity contribution < 1.29 is 9.47 Å². The van der Waals surface area contributed by atoms with Gasteiger partial charge < -0.3 is 9.47 Å². The molecule has 1 aliphatic rings. The van der Waals surface area contributed by atoms with E-state index in [0.717, 1.165) is 27.7 Å². The molecule has 0 aliphatic carbocycles. The Hall–Kier alpha value is -2.67. The zero-order chi connectivity index (χ0) is 20.5. The highest BCUT2D eigenvalue weighted by Gasteiger charge is 2.20. The SMILES string of the molecule is Clc1cccc(Cl)c1CSc1nnc(-c2ccc3c(c2)OCO3)n1-c1ccccc1. The van der Waals surface area contributed by atoms with E-state index in [1.54, 1.807) is 0 Å². The topological polar surface area (TPSA) is 49.2 Å². The predicted molar refractivity (Wildman–Crippen MR) is 119 cm³/mol. The van der Waals surface area contributed by atoms with Crippen molar-refractivity contribution in [1.82, 2.24) is 14.8 Å². The van der Waals surface area contributed by atoms with Crippen LogP contribution in [0.15, 0.2) is 71.9 Å². The van der Waals surface area contributed by atoms with Gasteiger partial charge in [0.05, 0.1) is 0 Å². The highest BCUT2D eigenvalue weighted by atomic mass is 35.5. The van der Waals surface area contributed by atoms with Gasteiger partial charge in [0, 0.05) is 27.0 Å². The first-order valence-corrected chi connectivity index (χ1v) is 10.9. The molecule has 0 N–H and O–H groups in total. The first-order valence-electron chi connectivity index (χ1n) is 9.17. The molecule has 0 amide bonds. The summed E-state index contributed by atoms with van der Waals surface area (Å²) < 4.78 is 13.0. The van der Waals surface area contributed by atoms with Crippen LogP contribution in [0.2, 0.25) is 10.0 Å². The van der Waals surface area contributed by atoms with Gasteiger partial charge in [-0.1, -0.05) is 59.2 Å². The van der Waals surface area contributed by atoms with Crippen LogP contribution in [0.5, 0.6) is 11.5 Å². The number of benzene rings is 3. The molecule has 0 saturated carbocycles. The summed E-state index contributed by atoms with van der Waals surface area (Å²) in [6.07, 6.45) is 0. The molecule has 1 aromatic heterocycles. The van der Waals surface area contributed by atoms with Gasteiger partial charge in [-0.3, -0.25) is 4.57 Å². The molecule has 5 rings (SSSR count). The number of hydrogen-bond acceptors (Lipinski definition) is 5. The third kappa shape index (κ3) is 3.62. The molecular weight excluding hydrogens is 441 g/mol. The standard InChI is InChI=1S/C22H15Cl2N3O2S/c23-17-7-4-8-18(24)16(17)12-30-22-26-25-21(27(22)15-5-2-1-3-6-15)14-9-10-19-20(11-14)29-13-28-19/h1-11H,12-13H2. The Balaban J connectivity index is 1.55. The average Bonchev–Trinajstić information content (AvgIpc) is 3.40. The number of halogens is 2. The van der Waals surface area contributed by atoms with E-state index in [1.807, 2.05) is 71.3 Å². The molecular formula is C22H15Cl2N3O2S. The van der Waals surface area contributed by atoms with Gasteiger partial charge in [-0.2, -0.15) is 0 Å². The van der Waals surface area contributed by atoms with Crippen molar-refractivity contribution in [2.75, 3.05) is 6.79 Å². The Morgan fingerprint density at radius 2 is 1.63 bits per heavy atom. The molecule has 0 bridgehead atoms. The highest BCUT2D eigenvalue weighted by Crippen LogP contribution is 2.38. The van der Waals surface area contributed by atoms with E-state index in [0.29, 0.717) is 27.4 Å². The fraction of sp³-hybridized carbons (Fsp3) is 0.0909. The monoisotopic (exact) mass is 455 g/mol. The van der Waals surface area contributed by atoms with Crippen molar-refractivity contribution in [3.63, 3.8) is 0 Å². The second-order valence-electron chi connectivity index (χ2n) is 6.53. The van der Waals surface area contributed by atoms with E-state index in [4.69, 9.17) is 32.7 Å². The van der Waals surface area contributed by atoms with Crippen molar-refractivity contribution in [1.29, 1.82) is 0 Å². The maximum Gasteiger partial charge on any atom is 0.231 e. The van der Waals surface area contributed by atoms with Gasteiger partial charge in [-0.05, 0) is 48.0 Å². The minimum atomic E-state index is 0.226. The van der Waals surface area contributed by atoms with Crippen molar-refractivity contribution >= 4 is 35.0 Å². The minimum absolute atomic E-state index is 0.226. The van der Waals surface area contributed by atoms with Gasteiger partial charge in [0.2, 0.25) is 6.79 Å². The first kappa shape index (κ1) is 19.3. The van der Waals surface area contributed by atoms with Crippen LogP contribution in [0.1, 0.15) is 5.56 Å². The van der Waals surface area contributed by atoms with Gasteiger partial charge in [0.25, 0.3) is 0 Å². The molecule has 3 aromatic carbocycles. The summed E-state index contributed by atoms with van der Waals surface area (Å²) in [4.78, 5) is 0. The quantitative estimate of drug-likeness (QED) is 0.332. The van der Waals surface area contributed by atoms with Crippen LogP contribution in [0, 0.1) is 0 Å². The summed E-state index contributed by atoms with van der Waals surface area (Å²) in [5, 5.41) is 10.9. The van der Waals surface area contributed by atoms with E-state index in [9.17, 15) is 0 Å². The molecule has 0 fully saturated rings. The van der Waals surface area contributed by atoms with Crippen LogP contribution in [0.3, 0.4) is 0 Å². The molecule has 0 radical (unpaired) electrons. The molecule has 150 valence electrons. The Kier molecular flexibility index (Phi) is 5.29. The highest BCUT2D eigenvalue weighted by molar-refractivity contribution is 7.98. The second-order valence-corrected chi connectivity index (χ2v) is 8.29. The number of para-hydroxylation sites is 1. The Morgan fingerprint density at radius 1 is 0.867 bits per heavy atom. The summed E-state index contributed by atoms with van der Waals surface area (Å²) in [5.74, 6) is 2.72. The Bertz CT molecular complexity index is 1190. The zero-order valence-electron chi connectivity index (χ0n) is 15.6. The molecule has 5 nitrogen and oxygen atoms in total. The maximum absolute atomic E-state index is 6.34. The van der Waals surface area contributed by atoms with Gasteiger partial charge in [-0.15, -0.1) is 10.2 Å². The molecule has 30 heavy (non-hydrogen) atoms. The number of nitrogens with zero attached hydrogens (tertiary/aromatic N) is 3. The minimum Gasteiger partial charge on any atom is -0.454 e. The van der Waals surface area contributed by atoms with Crippen LogP contribution in [-0.4, -0.2) is 21.6 Å². The molecule has 1 aliphatic heterocycles. The van der Waals surface area contributed by atoms with Crippen molar-refractivity contribution in [3.8, 4) is 28.6 Å². The number of rotatable bonds is 5. The predicted octanol–water partition coefficient (Wildman–Crippen LogP) is 6.26. The van der Waals surface area contributed by atoms with Crippen LogP contribution in [-0.2, 0) is 5.75 Å². The van der Waals surface area contributed by atoms with Crippen LogP contribution in [0.25, 0.3) is 17.1 Å². The van der Waals surface area contributed by atoms with E-state index in [-0.39, 0.29) is 6.79 Å². The zero-order valence-corrected chi connectivity index (χ0v) is 17.9. The molecule has 4 aromatic rings. The molecule has 0 unspecified atom stereocenters. The van der Waals surface area contributed by atoms with Gasteiger partial charge >= 0.3 is 0 Å². The smallest absolute Gasteiger partial charge is 0.231 e. The van der Waals surface area contributed by atoms with Crippen molar-refractivity contribution in [3.05, 3.63) is 82.3 Å². The van der Waals surface area contributed by atoms with E-state index in [1.165, 1.54) is 11.8 Å². The third-order valence-corrected chi connectivity index (χ3v) is 6.35. The molecule has 0 spiro atoms. The second kappa shape index (κ2) is 8.22. The lowest BCUT2D eigenvalue weighted by molar-refractivity contribution is 0.174. The fourth-order valence-electron chi connectivity index (χ4n) is 3.20. The van der Waals surface area contributed by atoms with Gasteiger partial charge in [0.1, 0.15) is 0 Å². The van der Waals surface area contributed by atoms with Gasteiger partial charge in [0.15, 0.2) is 22.5 Å². The summed E-state index contributed by atoms with van der Waals surface area (Å²) >= 11 is 14.2. The summed E-state index contributed by atoms with van der Waals surface area (Å²) in [7, 11) is 0. The molecule has 0 atom stereocenters. The Labute approximate surface area is 187 Å². The molecule has 0 saturated heterocycles.